The smallest absolute Gasteiger partial charge is 0.248 e. The predicted octanol–water partition coefficient (Wildman–Crippen LogP) is 0.949. The summed E-state index contributed by atoms with van der Waals surface area (Å²) in [6, 6.07) is 3.40. The molecule has 0 aliphatic rings. The number of aromatic amines is 1. The Morgan fingerprint density at radius 2 is 2.20 bits per heavy atom. The van der Waals surface area contributed by atoms with Crippen molar-refractivity contribution in [3.8, 4) is 0 Å². The molecule has 0 bridgehead atoms. The summed E-state index contributed by atoms with van der Waals surface area (Å²) in [7, 11) is 0. The number of pyridine rings is 1. The van der Waals surface area contributed by atoms with Crippen LogP contribution in [0.5, 0.6) is 0 Å². The molecule has 10 heavy (non-hydrogen) atoms. The van der Waals surface area contributed by atoms with Gasteiger partial charge in [-0.15, -0.1) is 0 Å². The monoisotopic (exact) mass is 138 g/mol. The highest BCUT2D eigenvalue weighted by molar-refractivity contribution is 5.15. The van der Waals surface area contributed by atoms with Gasteiger partial charge in [-0.05, 0) is 25.3 Å². The summed E-state index contributed by atoms with van der Waals surface area (Å²) in [5.41, 5.74) is 0.957. The van der Waals surface area contributed by atoms with Gasteiger partial charge in [-0.2, -0.15) is 0 Å². The van der Waals surface area contributed by atoms with Crippen molar-refractivity contribution in [2.24, 2.45) is 0 Å². The molecule has 1 aromatic heterocycles. The van der Waals surface area contributed by atoms with Crippen molar-refractivity contribution in [3.05, 3.63) is 34.2 Å². The van der Waals surface area contributed by atoms with E-state index in [9.17, 15) is 4.79 Å². The molecule has 0 fully saturated rings. The molecular weight excluding hydrogens is 128 g/mol. The largest absolute Gasteiger partial charge is 0.329 e. The van der Waals surface area contributed by atoms with Gasteiger partial charge in [-0.25, -0.2) is 0 Å². The number of H-pyrrole nitrogens is 1. The molecule has 0 saturated carbocycles. The third-order valence-electron chi connectivity index (χ3n) is 0.931. The maximum Gasteiger partial charge on any atom is 0.248 e. The molecule has 1 aromatic rings. The molecule has 0 unspecified atom stereocenters. The fourth-order valence-corrected chi connectivity index (χ4v) is 0.552. The second kappa shape index (κ2) is 4.49. The van der Waals surface area contributed by atoms with E-state index in [0.29, 0.717) is 0 Å². The third kappa shape index (κ3) is 2.81. The lowest BCUT2D eigenvalue weighted by molar-refractivity contribution is 1.21. The van der Waals surface area contributed by atoms with Crippen LogP contribution in [-0.2, 0) is 0 Å². The van der Waals surface area contributed by atoms with Gasteiger partial charge in [0.05, 0.1) is 0 Å². The van der Waals surface area contributed by atoms with E-state index in [-0.39, 0.29) is 5.56 Å². The third-order valence-corrected chi connectivity index (χ3v) is 0.931. The second-order valence-corrected chi connectivity index (χ2v) is 1.73. The van der Waals surface area contributed by atoms with E-state index in [0.717, 1.165) is 5.56 Å². The number of rotatable bonds is 0. The zero-order chi connectivity index (χ0) is 7.98. The number of nitrogens with one attached hydrogen (secondary N) is 2. The van der Waals surface area contributed by atoms with Crippen molar-refractivity contribution in [2.45, 2.75) is 6.92 Å². The maximum atomic E-state index is 10.4. The molecule has 0 aromatic carbocycles. The van der Waals surface area contributed by atoms with E-state index < -0.39 is 0 Å². The van der Waals surface area contributed by atoms with Gasteiger partial charge in [0.1, 0.15) is 0 Å². The predicted molar refractivity (Wildman–Crippen MR) is 41.6 cm³/mol. The second-order valence-electron chi connectivity index (χ2n) is 1.73. The van der Waals surface area contributed by atoms with Gasteiger partial charge in [-0.3, -0.25) is 4.79 Å². The fourth-order valence-electron chi connectivity index (χ4n) is 0.552. The average molecular weight is 138 g/mol. The lowest BCUT2D eigenvalue weighted by Gasteiger charge is -1.83. The van der Waals surface area contributed by atoms with Crippen LogP contribution in [0, 0.1) is 12.3 Å². The Labute approximate surface area is 59.2 Å². The van der Waals surface area contributed by atoms with Crippen molar-refractivity contribution in [2.75, 3.05) is 0 Å². The van der Waals surface area contributed by atoms with Gasteiger partial charge < -0.3 is 10.4 Å². The van der Waals surface area contributed by atoms with Crippen LogP contribution in [0.2, 0.25) is 0 Å². The zero-order valence-electron chi connectivity index (χ0n) is 5.85. The minimum atomic E-state index is -0.0370. The molecule has 1 heterocycles. The summed E-state index contributed by atoms with van der Waals surface area (Å²) in [6.45, 7) is 4.38. The van der Waals surface area contributed by atoms with Crippen LogP contribution < -0.4 is 5.56 Å². The first-order valence-electron chi connectivity index (χ1n) is 2.80. The number of hydrogen-bond donors (Lipinski definition) is 2. The van der Waals surface area contributed by atoms with E-state index >= 15 is 0 Å². The van der Waals surface area contributed by atoms with Crippen LogP contribution in [0.25, 0.3) is 0 Å². The molecule has 1 rings (SSSR count). The number of hydrogen-bond acceptors (Lipinski definition) is 2. The molecule has 2 N–H and O–H groups in total. The molecular formula is C7H10N2O. The summed E-state index contributed by atoms with van der Waals surface area (Å²) in [5.74, 6) is 0. The first-order valence-corrected chi connectivity index (χ1v) is 2.80. The summed E-state index contributed by atoms with van der Waals surface area (Å²) >= 11 is 0. The standard InChI is InChI=1S/C6H7NO.CH3N/c1-5-2-3-7-6(8)4-5;1-2/h2-4H,1H3,(H,7,8);2H,1H2. The Kier molecular flexibility index (Phi) is 3.87. The van der Waals surface area contributed by atoms with Crippen LogP contribution in [0.15, 0.2) is 23.1 Å². The maximum absolute atomic E-state index is 10.4. The van der Waals surface area contributed by atoms with Crippen molar-refractivity contribution in [3.63, 3.8) is 0 Å². The molecule has 54 valence electrons. The Hall–Kier alpha value is -1.38. The average Bonchev–Trinajstić information content (AvgIpc) is 1.91. The SMILES string of the molecule is C=N.Cc1cc[nH]c(=O)c1. The summed E-state index contributed by atoms with van der Waals surface area (Å²) < 4.78 is 0. The summed E-state index contributed by atoms with van der Waals surface area (Å²) in [6.07, 6.45) is 1.64. The highest BCUT2D eigenvalue weighted by Gasteiger charge is 1.80. The quantitative estimate of drug-likeness (QED) is 0.515. The Morgan fingerprint density at radius 3 is 2.50 bits per heavy atom. The molecule has 0 radical (unpaired) electrons. The topological polar surface area (TPSA) is 56.7 Å². The minimum absolute atomic E-state index is 0.0370. The van der Waals surface area contributed by atoms with Crippen molar-refractivity contribution in [1.29, 1.82) is 5.41 Å². The highest BCUT2D eigenvalue weighted by Crippen LogP contribution is 1.84. The first-order chi connectivity index (χ1) is 4.79. The van der Waals surface area contributed by atoms with E-state index in [1.807, 2.05) is 13.0 Å². The highest BCUT2D eigenvalue weighted by atomic mass is 16.1. The normalized spacial score (nSPS) is 7.70. The number of aromatic nitrogens is 1. The van der Waals surface area contributed by atoms with E-state index in [4.69, 9.17) is 5.41 Å². The zero-order valence-corrected chi connectivity index (χ0v) is 5.85. The lowest BCUT2D eigenvalue weighted by atomic mass is 10.3. The van der Waals surface area contributed by atoms with Crippen LogP contribution in [-0.4, -0.2) is 11.7 Å². The Bertz CT molecular complexity index is 241. The molecule has 3 nitrogen and oxygen atoms in total. The van der Waals surface area contributed by atoms with Gasteiger partial charge in [0.25, 0.3) is 0 Å². The number of aryl methyl sites for hydroxylation is 1. The minimum Gasteiger partial charge on any atom is -0.329 e. The van der Waals surface area contributed by atoms with Gasteiger partial charge in [0, 0.05) is 12.3 Å². The molecule has 0 atom stereocenters. The van der Waals surface area contributed by atoms with Crippen LogP contribution >= 0.6 is 0 Å². The Balaban J connectivity index is 0.000000371. The molecule has 0 amide bonds. The van der Waals surface area contributed by atoms with E-state index in [1.165, 1.54) is 0 Å². The van der Waals surface area contributed by atoms with Gasteiger partial charge >= 0.3 is 0 Å². The molecule has 0 spiro atoms. The lowest BCUT2D eigenvalue weighted by Crippen LogP contribution is -2.01. The van der Waals surface area contributed by atoms with Crippen LogP contribution in [0.4, 0.5) is 0 Å². The van der Waals surface area contributed by atoms with Gasteiger partial charge in [0.2, 0.25) is 5.56 Å². The van der Waals surface area contributed by atoms with Crippen molar-refractivity contribution >= 4 is 6.72 Å². The van der Waals surface area contributed by atoms with E-state index in [1.54, 1.807) is 12.3 Å². The Morgan fingerprint density at radius 1 is 1.60 bits per heavy atom. The van der Waals surface area contributed by atoms with Gasteiger partial charge in [0.15, 0.2) is 0 Å². The first kappa shape index (κ1) is 8.62. The molecule has 0 aliphatic carbocycles. The van der Waals surface area contributed by atoms with Gasteiger partial charge in [-0.1, -0.05) is 0 Å². The van der Waals surface area contributed by atoms with Crippen LogP contribution in [0.1, 0.15) is 5.56 Å². The van der Waals surface area contributed by atoms with Crippen molar-refractivity contribution in [1.82, 2.24) is 4.98 Å². The molecule has 0 aliphatic heterocycles. The summed E-state index contributed by atoms with van der Waals surface area (Å²) in [5, 5.41) is 5.50. The van der Waals surface area contributed by atoms with Crippen LogP contribution in [0.3, 0.4) is 0 Å². The molecule has 0 saturated heterocycles. The van der Waals surface area contributed by atoms with E-state index in [2.05, 4.69) is 11.7 Å². The van der Waals surface area contributed by atoms with Crippen molar-refractivity contribution < 1.29 is 0 Å². The summed E-state index contributed by atoms with van der Waals surface area (Å²) in [4.78, 5) is 13.0. The fraction of sp³-hybridized carbons (Fsp3) is 0.143. The molecule has 3 heteroatoms.